The fourth-order valence-corrected chi connectivity index (χ4v) is 2.56. The molecule has 0 aliphatic carbocycles. The molecular formula is C22H26O3. The summed E-state index contributed by atoms with van der Waals surface area (Å²) in [5.41, 5.74) is 2.19. The number of hydrogen-bond acceptors (Lipinski definition) is 3. The topological polar surface area (TPSA) is 35.5 Å². The first-order valence-corrected chi connectivity index (χ1v) is 8.65. The first-order valence-electron chi connectivity index (χ1n) is 8.65. The minimum Gasteiger partial charge on any atom is -0.461 e. The molecule has 0 bridgehead atoms. The van der Waals surface area contributed by atoms with Gasteiger partial charge >= 0.3 is 5.97 Å². The van der Waals surface area contributed by atoms with E-state index >= 15 is 0 Å². The van der Waals surface area contributed by atoms with E-state index in [-0.39, 0.29) is 12.6 Å². The minimum atomic E-state index is -0.164. The monoisotopic (exact) mass is 338 g/mol. The van der Waals surface area contributed by atoms with Gasteiger partial charge in [0.05, 0.1) is 0 Å². The second-order valence-electron chi connectivity index (χ2n) is 6.48. The molecule has 1 atom stereocenters. The summed E-state index contributed by atoms with van der Waals surface area (Å²) in [5, 5.41) is 0. The number of hydrogen-bond donors (Lipinski definition) is 0. The highest BCUT2D eigenvalue weighted by atomic mass is 16.5. The van der Waals surface area contributed by atoms with Crippen LogP contribution in [-0.4, -0.2) is 5.97 Å². The van der Waals surface area contributed by atoms with Crippen molar-refractivity contribution in [2.24, 2.45) is 5.92 Å². The lowest BCUT2D eigenvalue weighted by molar-refractivity contribution is -0.145. The molecule has 2 aromatic carbocycles. The summed E-state index contributed by atoms with van der Waals surface area (Å²) in [7, 11) is 0. The lowest BCUT2D eigenvalue weighted by atomic mass is 10.0. The van der Waals surface area contributed by atoms with Crippen molar-refractivity contribution in [1.29, 1.82) is 0 Å². The number of allylic oxidation sites excluding steroid dienone is 2. The van der Waals surface area contributed by atoms with Crippen molar-refractivity contribution in [3.8, 4) is 11.5 Å². The molecule has 0 unspecified atom stereocenters. The molecule has 0 heterocycles. The Bertz CT molecular complexity index is 700. The Hall–Kier alpha value is -2.55. The zero-order valence-corrected chi connectivity index (χ0v) is 15.2. The fraction of sp³-hybridized carbons (Fsp3) is 0.318. The van der Waals surface area contributed by atoms with Crippen LogP contribution in [0.2, 0.25) is 0 Å². The molecule has 0 aromatic heterocycles. The Morgan fingerprint density at radius 2 is 1.76 bits per heavy atom. The van der Waals surface area contributed by atoms with Crippen LogP contribution < -0.4 is 4.74 Å². The second kappa shape index (κ2) is 9.67. The molecule has 0 spiro atoms. The van der Waals surface area contributed by atoms with Gasteiger partial charge in [0.15, 0.2) is 0 Å². The van der Waals surface area contributed by atoms with Crippen molar-refractivity contribution in [2.45, 2.75) is 40.2 Å². The summed E-state index contributed by atoms with van der Waals surface area (Å²) in [6.45, 7) is 6.52. The molecule has 132 valence electrons. The second-order valence-corrected chi connectivity index (χ2v) is 6.48. The number of carbonyl (C=O) groups excluding carboxylic acids is 1. The molecule has 0 saturated heterocycles. The van der Waals surface area contributed by atoms with Gasteiger partial charge in [-0.2, -0.15) is 0 Å². The van der Waals surface area contributed by atoms with Crippen LogP contribution in [0.15, 0.2) is 66.2 Å². The van der Waals surface area contributed by atoms with Crippen molar-refractivity contribution < 1.29 is 14.3 Å². The van der Waals surface area contributed by atoms with Gasteiger partial charge in [0.2, 0.25) is 0 Å². The lowest BCUT2D eigenvalue weighted by Crippen LogP contribution is -2.06. The first-order chi connectivity index (χ1) is 12.0. The predicted molar refractivity (Wildman–Crippen MR) is 101 cm³/mol. The summed E-state index contributed by atoms with van der Waals surface area (Å²) >= 11 is 0. The Labute approximate surface area is 150 Å². The van der Waals surface area contributed by atoms with Gasteiger partial charge in [-0.15, -0.1) is 0 Å². The van der Waals surface area contributed by atoms with Crippen LogP contribution in [0, 0.1) is 5.92 Å². The summed E-state index contributed by atoms with van der Waals surface area (Å²) in [5.74, 6) is 1.74. The summed E-state index contributed by atoms with van der Waals surface area (Å²) in [4.78, 5) is 11.9. The third-order valence-corrected chi connectivity index (χ3v) is 3.70. The highest BCUT2D eigenvalue weighted by Crippen LogP contribution is 2.22. The van der Waals surface area contributed by atoms with Gasteiger partial charge in [-0.1, -0.05) is 48.9 Å². The first kappa shape index (κ1) is 18.8. The number of rotatable bonds is 8. The maximum atomic E-state index is 11.9. The SMILES string of the molecule is CC(C)=C[C@H](C)CCC(=O)OCc1cccc(Oc2ccccc2)c1. The van der Waals surface area contributed by atoms with Gasteiger partial charge in [-0.05, 0) is 56.0 Å². The number of ether oxygens (including phenoxy) is 2. The predicted octanol–water partition coefficient (Wildman–Crippen LogP) is 5.90. The summed E-state index contributed by atoms with van der Waals surface area (Å²) < 4.78 is 11.2. The maximum Gasteiger partial charge on any atom is 0.306 e. The van der Waals surface area contributed by atoms with Gasteiger partial charge < -0.3 is 9.47 Å². The summed E-state index contributed by atoms with van der Waals surface area (Å²) in [6, 6.07) is 17.2. The van der Waals surface area contributed by atoms with Crippen LogP contribution in [0.1, 0.15) is 39.2 Å². The Morgan fingerprint density at radius 3 is 2.48 bits per heavy atom. The number of benzene rings is 2. The van der Waals surface area contributed by atoms with Crippen molar-refractivity contribution in [3.63, 3.8) is 0 Å². The maximum absolute atomic E-state index is 11.9. The van der Waals surface area contributed by atoms with Crippen LogP contribution in [0.4, 0.5) is 0 Å². The number of esters is 1. The van der Waals surface area contributed by atoms with Gasteiger partial charge in [0, 0.05) is 6.42 Å². The number of carbonyl (C=O) groups is 1. The zero-order valence-electron chi connectivity index (χ0n) is 15.2. The molecule has 0 radical (unpaired) electrons. The Morgan fingerprint density at radius 1 is 1.04 bits per heavy atom. The van der Waals surface area contributed by atoms with E-state index in [1.54, 1.807) is 0 Å². The average molecular weight is 338 g/mol. The molecule has 0 aliphatic heterocycles. The van der Waals surface area contributed by atoms with E-state index in [4.69, 9.17) is 9.47 Å². The van der Waals surface area contributed by atoms with Crippen molar-refractivity contribution in [1.82, 2.24) is 0 Å². The molecular weight excluding hydrogens is 312 g/mol. The smallest absolute Gasteiger partial charge is 0.306 e. The third-order valence-electron chi connectivity index (χ3n) is 3.70. The van der Waals surface area contributed by atoms with Crippen LogP contribution in [0.3, 0.4) is 0 Å². The molecule has 3 nitrogen and oxygen atoms in total. The van der Waals surface area contributed by atoms with E-state index in [1.165, 1.54) is 5.57 Å². The van der Waals surface area contributed by atoms with Gasteiger partial charge in [0.25, 0.3) is 0 Å². The van der Waals surface area contributed by atoms with E-state index < -0.39 is 0 Å². The third kappa shape index (κ3) is 7.25. The standard InChI is InChI=1S/C22H26O3/c1-17(2)14-18(3)12-13-22(23)24-16-19-8-7-11-21(15-19)25-20-9-5-4-6-10-20/h4-11,14-15,18H,12-13,16H2,1-3H3/t18-/m1/s1. The highest BCUT2D eigenvalue weighted by Gasteiger charge is 2.07. The van der Waals surface area contributed by atoms with Gasteiger partial charge in [-0.3, -0.25) is 4.79 Å². The van der Waals surface area contributed by atoms with Crippen LogP contribution in [0.5, 0.6) is 11.5 Å². The van der Waals surface area contributed by atoms with E-state index in [2.05, 4.69) is 26.8 Å². The Kier molecular flexibility index (Phi) is 7.27. The number of para-hydroxylation sites is 1. The quantitative estimate of drug-likeness (QED) is 0.444. The highest BCUT2D eigenvalue weighted by molar-refractivity contribution is 5.69. The van der Waals surface area contributed by atoms with E-state index in [0.29, 0.717) is 12.3 Å². The van der Waals surface area contributed by atoms with Crippen LogP contribution in [-0.2, 0) is 16.1 Å². The fourth-order valence-electron chi connectivity index (χ4n) is 2.56. The van der Waals surface area contributed by atoms with E-state index in [1.807, 2.05) is 54.6 Å². The van der Waals surface area contributed by atoms with Crippen molar-refractivity contribution in [3.05, 3.63) is 71.8 Å². The van der Waals surface area contributed by atoms with Gasteiger partial charge in [0.1, 0.15) is 18.1 Å². The van der Waals surface area contributed by atoms with Crippen molar-refractivity contribution >= 4 is 5.97 Å². The largest absolute Gasteiger partial charge is 0.461 e. The Balaban J connectivity index is 1.81. The van der Waals surface area contributed by atoms with Crippen LogP contribution in [0.25, 0.3) is 0 Å². The molecule has 2 aromatic rings. The van der Waals surface area contributed by atoms with E-state index in [0.717, 1.165) is 23.5 Å². The molecule has 0 aliphatic rings. The molecule has 0 N–H and O–H groups in total. The molecule has 0 fully saturated rings. The van der Waals surface area contributed by atoms with Crippen LogP contribution >= 0.6 is 0 Å². The zero-order chi connectivity index (χ0) is 18.1. The van der Waals surface area contributed by atoms with E-state index in [9.17, 15) is 4.79 Å². The average Bonchev–Trinajstić information content (AvgIpc) is 2.59. The molecule has 3 heteroatoms. The van der Waals surface area contributed by atoms with Gasteiger partial charge in [-0.25, -0.2) is 0 Å². The lowest BCUT2D eigenvalue weighted by Gasteiger charge is -2.10. The van der Waals surface area contributed by atoms with Crippen molar-refractivity contribution in [2.75, 3.05) is 0 Å². The molecule has 0 amide bonds. The molecule has 25 heavy (non-hydrogen) atoms. The normalized spacial score (nSPS) is 11.5. The minimum absolute atomic E-state index is 0.164. The molecule has 0 saturated carbocycles. The molecule has 2 rings (SSSR count). The summed E-state index contributed by atoms with van der Waals surface area (Å²) in [6.07, 6.45) is 3.42.